The first-order chi connectivity index (χ1) is 6.93. The first-order valence-corrected chi connectivity index (χ1v) is 5.55. The van der Waals surface area contributed by atoms with Crippen LogP contribution in [-0.2, 0) is 9.84 Å². The second kappa shape index (κ2) is 3.72. The van der Waals surface area contributed by atoms with Gasteiger partial charge in [-0.05, 0) is 19.4 Å². The Morgan fingerprint density at radius 3 is 2.20 bits per heavy atom. The van der Waals surface area contributed by atoms with Gasteiger partial charge >= 0.3 is 0 Å². The van der Waals surface area contributed by atoms with Crippen molar-refractivity contribution in [3.05, 3.63) is 44.6 Å². The zero-order valence-corrected chi connectivity index (χ0v) is 9.09. The lowest BCUT2D eigenvalue weighted by atomic mass is 10.2. The van der Waals surface area contributed by atoms with E-state index in [0.717, 1.165) is 0 Å². The molecule has 1 rings (SSSR count). The number of hydrogen-bond acceptors (Lipinski definition) is 3. The van der Waals surface area contributed by atoms with Gasteiger partial charge in [0.2, 0.25) is 0 Å². The Kier molecular flexibility index (Phi) is 2.78. The van der Waals surface area contributed by atoms with E-state index in [-0.39, 0.29) is 15.5 Å². The van der Waals surface area contributed by atoms with Crippen molar-refractivity contribution in [2.75, 3.05) is 0 Å². The monoisotopic (exact) mass is 220 g/mol. The average molecular weight is 220 g/mol. The summed E-state index contributed by atoms with van der Waals surface area (Å²) in [6.45, 7) is 9.66. The topological polar surface area (TPSA) is 62.3 Å². The van der Waals surface area contributed by atoms with E-state index in [1.807, 2.05) is 0 Å². The van der Waals surface area contributed by atoms with Gasteiger partial charge in [0.05, 0.1) is 12.6 Å². The summed E-state index contributed by atoms with van der Waals surface area (Å²) in [6, 6.07) is 1.73. The minimum Gasteiger partial charge on any atom is -0.226 e. The van der Waals surface area contributed by atoms with Gasteiger partial charge in [0.25, 0.3) is 5.70 Å². The standard InChI is InChI=1S/C10H8N2O2S/c1-7-4-9(10(6-11)12-3)5-8(2)15(7,13)14/h4-5H,1-2H3. The van der Waals surface area contributed by atoms with Crippen LogP contribution >= 0.6 is 0 Å². The normalized spacial score (nSPS) is 18.3. The molecular weight excluding hydrogens is 212 g/mol. The average Bonchev–Trinajstić information content (AvgIpc) is 2.17. The predicted octanol–water partition coefficient (Wildman–Crippen LogP) is 1.92. The Balaban J connectivity index is 3.51. The molecule has 0 spiro atoms. The van der Waals surface area contributed by atoms with Crippen molar-refractivity contribution in [1.29, 1.82) is 5.26 Å². The van der Waals surface area contributed by atoms with Crippen LogP contribution in [0.25, 0.3) is 4.85 Å². The maximum atomic E-state index is 11.5. The first kappa shape index (κ1) is 11.2. The van der Waals surface area contributed by atoms with Crippen molar-refractivity contribution in [2.24, 2.45) is 0 Å². The van der Waals surface area contributed by atoms with Gasteiger partial charge in [0.15, 0.2) is 9.84 Å². The lowest BCUT2D eigenvalue weighted by Gasteiger charge is -2.11. The molecule has 0 aromatic rings. The molecule has 0 bridgehead atoms. The van der Waals surface area contributed by atoms with Gasteiger partial charge in [-0.15, -0.1) is 0 Å². The van der Waals surface area contributed by atoms with Crippen LogP contribution in [0, 0.1) is 17.9 Å². The highest BCUT2D eigenvalue weighted by molar-refractivity contribution is 7.98. The van der Waals surface area contributed by atoms with Crippen LogP contribution in [0.2, 0.25) is 0 Å². The molecule has 0 fully saturated rings. The fourth-order valence-corrected chi connectivity index (χ4v) is 2.25. The summed E-state index contributed by atoms with van der Waals surface area (Å²) in [4.78, 5) is 3.35. The van der Waals surface area contributed by atoms with E-state index in [4.69, 9.17) is 11.8 Å². The molecule has 0 saturated carbocycles. The molecule has 0 radical (unpaired) electrons. The summed E-state index contributed by atoms with van der Waals surface area (Å²) in [7, 11) is -3.35. The summed E-state index contributed by atoms with van der Waals surface area (Å²) in [5.74, 6) is 0. The van der Waals surface area contributed by atoms with Gasteiger partial charge in [-0.2, -0.15) is 0 Å². The van der Waals surface area contributed by atoms with Gasteiger partial charge in [-0.3, -0.25) is 0 Å². The third-order valence-electron chi connectivity index (χ3n) is 2.06. The van der Waals surface area contributed by atoms with Crippen molar-refractivity contribution in [3.8, 4) is 6.07 Å². The molecule has 0 unspecified atom stereocenters. The smallest absolute Gasteiger partial charge is 0.226 e. The van der Waals surface area contributed by atoms with Gasteiger partial charge in [-0.25, -0.2) is 18.5 Å². The molecular formula is C10H8N2O2S. The third-order valence-corrected chi connectivity index (χ3v) is 3.99. The quantitative estimate of drug-likeness (QED) is 0.463. The van der Waals surface area contributed by atoms with Crippen LogP contribution in [0.15, 0.2) is 33.2 Å². The lowest BCUT2D eigenvalue weighted by Crippen LogP contribution is -2.07. The number of nitrogens with zero attached hydrogens (tertiary/aromatic N) is 2. The summed E-state index contributed by atoms with van der Waals surface area (Å²) < 4.78 is 23.1. The van der Waals surface area contributed by atoms with E-state index >= 15 is 0 Å². The predicted molar refractivity (Wildman–Crippen MR) is 55.7 cm³/mol. The van der Waals surface area contributed by atoms with Gasteiger partial charge < -0.3 is 0 Å². The molecule has 76 valence electrons. The fraction of sp³-hybridized carbons (Fsp3) is 0.200. The fourth-order valence-electron chi connectivity index (χ4n) is 1.18. The summed E-state index contributed by atoms with van der Waals surface area (Å²) in [5, 5.41) is 8.65. The van der Waals surface area contributed by atoms with E-state index in [1.54, 1.807) is 6.07 Å². The van der Waals surface area contributed by atoms with Crippen LogP contribution < -0.4 is 0 Å². The van der Waals surface area contributed by atoms with Crippen LogP contribution in [-0.4, -0.2) is 8.42 Å². The largest absolute Gasteiger partial charge is 0.269 e. The molecule has 4 nitrogen and oxygen atoms in total. The maximum absolute atomic E-state index is 11.5. The Bertz CT molecular complexity index is 534. The zero-order chi connectivity index (χ0) is 11.6. The highest BCUT2D eigenvalue weighted by atomic mass is 32.2. The number of allylic oxidation sites excluding steroid dienone is 6. The van der Waals surface area contributed by atoms with E-state index in [9.17, 15) is 8.42 Å². The minimum absolute atomic E-state index is 0.0939. The summed E-state index contributed by atoms with van der Waals surface area (Å²) in [6.07, 6.45) is 2.69. The number of sulfone groups is 1. The second-order valence-electron chi connectivity index (χ2n) is 3.04. The Morgan fingerprint density at radius 1 is 1.40 bits per heavy atom. The summed E-state index contributed by atoms with van der Waals surface area (Å²) >= 11 is 0. The maximum Gasteiger partial charge on any atom is 0.269 e. The third kappa shape index (κ3) is 1.83. The van der Waals surface area contributed by atoms with E-state index < -0.39 is 9.84 Å². The molecule has 15 heavy (non-hydrogen) atoms. The Hall–Kier alpha value is -1.85. The van der Waals surface area contributed by atoms with Crippen LogP contribution in [0.5, 0.6) is 0 Å². The van der Waals surface area contributed by atoms with Gasteiger partial charge in [0, 0.05) is 9.81 Å². The van der Waals surface area contributed by atoms with Crippen LogP contribution in [0.3, 0.4) is 0 Å². The molecule has 1 aliphatic rings. The van der Waals surface area contributed by atoms with E-state index in [2.05, 4.69) is 4.85 Å². The number of rotatable bonds is 0. The molecule has 0 aliphatic carbocycles. The van der Waals surface area contributed by atoms with Crippen LogP contribution in [0.1, 0.15) is 13.8 Å². The molecule has 0 saturated heterocycles. The minimum atomic E-state index is -3.35. The Labute approximate surface area is 88.6 Å². The highest BCUT2D eigenvalue weighted by Crippen LogP contribution is 2.27. The summed E-state index contributed by atoms with van der Waals surface area (Å²) in [5.41, 5.74) is 0.265. The molecule has 1 heterocycles. The van der Waals surface area contributed by atoms with Crippen molar-refractivity contribution in [3.63, 3.8) is 0 Å². The van der Waals surface area contributed by atoms with Crippen molar-refractivity contribution < 1.29 is 8.42 Å². The van der Waals surface area contributed by atoms with Crippen molar-refractivity contribution in [1.82, 2.24) is 0 Å². The molecule has 1 aliphatic heterocycles. The molecule has 0 amide bonds. The van der Waals surface area contributed by atoms with Crippen molar-refractivity contribution >= 4 is 9.84 Å². The number of hydrogen-bond donors (Lipinski definition) is 0. The molecule has 0 aromatic heterocycles. The van der Waals surface area contributed by atoms with Gasteiger partial charge in [0.1, 0.15) is 0 Å². The van der Waals surface area contributed by atoms with Gasteiger partial charge in [-0.1, -0.05) is 12.2 Å². The highest BCUT2D eigenvalue weighted by Gasteiger charge is 2.21. The SMILES string of the molecule is [C-]#[N+]C(C#N)=C1C=C(C)S(=O)(=O)C(C)=C1. The lowest BCUT2D eigenvalue weighted by molar-refractivity contribution is 0.607. The van der Waals surface area contributed by atoms with E-state index in [1.165, 1.54) is 26.0 Å². The molecule has 0 N–H and O–H groups in total. The van der Waals surface area contributed by atoms with Crippen molar-refractivity contribution in [2.45, 2.75) is 13.8 Å². The molecule has 0 aromatic carbocycles. The van der Waals surface area contributed by atoms with E-state index in [0.29, 0.717) is 5.57 Å². The second-order valence-corrected chi connectivity index (χ2v) is 5.34. The molecule has 0 atom stereocenters. The zero-order valence-electron chi connectivity index (χ0n) is 8.27. The van der Waals surface area contributed by atoms with Crippen LogP contribution in [0.4, 0.5) is 0 Å². The first-order valence-electron chi connectivity index (χ1n) is 4.07. The molecule has 5 heteroatoms. The number of nitriles is 1. The Morgan fingerprint density at radius 2 is 1.87 bits per heavy atom.